The van der Waals surface area contributed by atoms with E-state index < -0.39 is 15.3 Å². The van der Waals surface area contributed by atoms with Gasteiger partial charge in [0, 0.05) is 6.20 Å². The molecule has 0 amide bonds. The number of aromatic nitrogens is 3. The van der Waals surface area contributed by atoms with Gasteiger partial charge in [0.25, 0.3) is 0 Å². The fourth-order valence-electron chi connectivity index (χ4n) is 3.62. The predicted octanol–water partition coefficient (Wildman–Crippen LogP) is 3.80. The van der Waals surface area contributed by atoms with Crippen molar-refractivity contribution in [1.82, 2.24) is 14.4 Å². The fraction of sp³-hybridized carbons (Fsp3) is 0.286. The normalized spacial score (nSPS) is 15.6. The van der Waals surface area contributed by atoms with Gasteiger partial charge in [-0.15, -0.1) is 0 Å². The Morgan fingerprint density at radius 1 is 1.24 bits per heavy atom. The zero-order valence-electron chi connectivity index (χ0n) is 16.0. The summed E-state index contributed by atoms with van der Waals surface area (Å²) in [5.74, 6) is 0.0982. The molecule has 1 aromatic carbocycles. The molecule has 4 aromatic rings. The minimum Gasteiger partial charge on any atom is -0.435 e. The van der Waals surface area contributed by atoms with Gasteiger partial charge in [0.15, 0.2) is 26.1 Å². The van der Waals surface area contributed by atoms with Crippen LogP contribution < -0.4 is 0 Å². The number of aryl methyl sites for hydroxylation is 1. The second-order valence-corrected chi connectivity index (χ2v) is 9.69. The highest BCUT2D eigenvalue weighted by atomic mass is 32.2. The van der Waals surface area contributed by atoms with Crippen LogP contribution in [-0.4, -0.2) is 28.5 Å². The third-order valence-corrected chi connectivity index (χ3v) is 7.26. The van der Waals surface area contributed by atoms with Gasteiger partial charge in [0.1, 0.15) is 11.2 Å². The lowest BCUT2D eigenvalue weighted by atomic mass is 9.99. The van der Waals surface area contributed by atoms with Crippen LogP contribution in [0.5, 0.6) is 0 Å². The van der Waals surface area contributed by atoms with Crippen LogP contribution in [0.2, 0.25) is 0 Å². The lowest BCUT2D eigenvalue weighted by molar-refractivity contribution is 0.588. The molecule has 8 heteroatoms. The Bertz CT molecular complexity index is 1440. The first-order valence-electron chi connectivity index (χ1n) is 9.41. The van der Waals surface area contributed by atoms with Gasteiger partial charge in [-0.05, 0) is 55.2 Å². The fourth-order valence-corrected chi connectivity index (χ4v) is 4.78. The maximum absolute atomic E-state index is 12.9. The number of rotatable bonds is 4. The predicted molar refractivity (Wildman–Crippen MR) is 107 cm³/mol. The summed E-state index contributed by atoms with van der Waals surface area (Å²) in [6.45, 7) is 3.55. The highest BCUT2D eigenvalue weighted by molar-refractivity contribution is 7.91. The number of pyridine rings is 1. The van der Waals surface area contributed by atoms with E-state index in [-0.39, 0.29) is 22.4 Å². The molecule has 0 N–H and O–H groups in total. The van der Waals surface area contributed by atoms with Crippen LogP contribution in [0.4, 0.5) is 0 Å². The molecule has 3 aromatic heterocycles. The first kappa shape index (κ1) is 17.9. The van der Waals surface area contributed by atoms with Gasteiger partial charge in [-0.2, -0.15) is 5.26 Å². The van der Waals surface area contributed by atoms with Gasteiger partial charge in [0.2, 0.25) is 5.89 Å². The van der Waals surface area contributed by atoms with E-state index in [1.807, 2.05) is 25.1 Å². The maximum atomic E-state index is 12.9. The molecule has 1 fully saturated rings. The summed E-state index contributed by atoms with van der Waals surface area (Å²) in [5, 5.41) is 9.55. The van der Waals surface area contributed by atoms with Crippen LogP contribution in [0.25, 0.3) is 28.3 Å². The van der Waals surface area contributed by atoms with Crippen molar-refractivity contribution in [1.29, 1.82) is 5.26 Å². The molecule has 1 saturated carbocycles. The van der Waals surface area contributed by atoms with Crippen molar-refractivity contribution in [2.45, 2.75) is 37.1 Å². The molecule has 1 aliphatic rings. The average Bonchev–Trinajstić information content (AvgIpc) is 3.24. The molecule has 0 bridgehead atoms. The molecular formula is C21H18N4O3S. The summed E-state index contributed by atoms with van der Waals surface area (Å²) in [6.07, 6.45) is 3.28. The summed E-state index contributed by atoms with van der Waals surface area (Å²) >= 11 is 0. The summed E-state index contributed by atoms with van der Waals surface area (Å²) in [7, 11) is -3.61. The third kappa shape index (κ3) is 2.65. The minimum atomic E-state index is -3.61. The van der Waals surface area contributed by atoms with Gasteiger partial charge in [0.05, 0.1) is 17.2 Å². The Labute approximate surface area is 167 Å². The Hall–Kier alpha value is -3.18. The summed E-state index contributed by atoms with van der Waals surface area (Å²) < 4.78 is 33.2. The number of hydrogen-bond donors (Lipinski definition) is 0. The van der Waals surface area contributed by atoms with Gasteiger partial charge < -0.3 is 4.42 Å². The molecule has 0 spiro atoms. The van der Waals surface area contributed by atoms with Crippen molar-refractivity contribution in [3.05, 3.63) is 47.7 Å². The number of hydrogen-bond acceptors (Lipinski definition) is 6. The van der Waals surface area contributed by atoms with Crippen LogP contribution in [0.15, 0.2) is 46.0 Å². The highest BCUT2D eigenvalue weighted by Crippen LogP contribution is 2.47. The molecule has 1 aliphatic carbocycles. The molecule has 0 saturated heterocycles. The molecule has 3 heterocycles. The van der Waals surface area contributed by atoms with Crippen LogP contribution in [0.1, 0.15) is 30.9 Å². The maximum Gasteiger partial charge on any atom is 0.249 e. The lowest BCUT2D eigenvalue weighted by Gasteiger charge is -2.07. The van der Waals surface area contributed by atoms with E-state index in [1.54, 1.807) is 29.7 Å². The highest BCUT2D eigenvalue weighted by Gasteiger charge is 2.45. The topological polar surface area (TPSA) is 101 Å². The van der Waals surface area contributed by atoms with E-state index in [2.05, 4.69) is 16.0 Å². The number of sulfone groups is 1. The molecule has 146 valence electrons. The van der Waals surface area contributed by atoms with E-state index in [0.29, 0.717) is 16.7 Å². The largest absolute Gasteiger partial charge is 0.435 e. The number of nitrogens with zero attached hydrogens (tertiary/aromatic N) is 4. The molecule has 7 nitrogen and oxygen atoms in total. The van der Waals surface area contributed by atoms with Gasteiger partial charge in [-0.25, -0.2) is 18.4 Å². The SMILES string of the molecule is CCS(=O)(=O)c1c(-c2nc3cc(C)ccc3o2)nc2cc(C3(C#N)CC3)ccn12. The average molecular weight is 406 g/mol. The summed E-state index contributed by atoms with van der Waals surface area (Å²) in [4.78, 5) is 9.06. The zero-order chi connectivity index (χ0) is 20.4. The first-order valence-corrected chi connectivity index (χ1v) is 11.1. The number of fused-ring (bicyclic) bond motifs is 2. The van der Waals surface area contributed by atoms with Gasteiger partial charge in [-0.3, -0.25) is 4.40 Å². The van der Waals surface area contributed by atoms with Crippen molar-refractivity contribution in [3.8, 4) is 17.7 Å². The van der Waals surface area contributed by atoms with Crippen molar-refractivity contribution < 1.29 is 12.8 Å². The van der Waals surface area contributed by atoms with Crippen LogP contribution >= 0.6 is 0 Å². The van der Waals surface area contributed by atoms with E-state index in [1.165, 1.54) is 0 Å². The van der Waals surface area contributed by atoms with E-state index in [9.17, 15) is 13.7 Å². The molecule has 0 unspecified atom stereocenters. The van der Waals surface area contributed by atoms with Crippen molar-refractivity contribution >= 4 is 26.6 Å². The number of oxazole rings is 1. The molecule has 0 atom stereocenters. The molecule has 0 radical (unpaired) electrons. The summed E-state index contributed by atoms with van der Waals surface area (Å²) in [6, 6.07) is 11.6. The van der Waals surface area contributed by atoms with Gasteiger partial charge in [-0.1, -0.05) is 13.0 Å². The van der Waals surface area contributed by atoms with Crippen LogP contribution in [0, 0.1) is 18.3 Å². The Morgan fingerprint density at radius 2 is 2.03 bits per heavy atom. The van der Waals surface area contributed by atoms with Crippen molar-refractivity contribution in [2.75, 3.05) is 5.75 Å². The van der Waals surface area contributed by atoms with Crippen molar-refractivity contribution in [3.63, 3.8) is 0 Å². The number of imidazole rings is 1. The second kappa shape index (κ2) is 5.91. The number of benzene rings is 1. The third-order valence-electron chi connectivity index (χ3n) is 5.52. The van der Waals surface area contributed by atoms with Crippen LogP contribution in [-0.2, 0) is 15.3 Å². The molecule has 29 heavy (non-hydrogen) atoms. The van der Waals surface area contributed by atoms with Crippen LogP contribution in [0.3, 0.4) is 0 Å². The van der Waals surface area contributed by atoms with E-state index >= 15 is 0 Å². The smallest absolute Gasteiger partial charge is 0.249 e. The standard InChI is InChI=1S/C21H18N4O3S/c1-3-29(26,27)20-18(19-23-15-10-13(2)4-5-16(15)28-19)24-17-11-14(6-9-25(17)20)21(12-22)7-8-21/h4-6,9-11H,3,7-8H2,1-2H3. The van der Waals surface area contributed by atoms with Gasteiger partial charge >= 0.3 is 0 Å². The first-order chi connectivity index (χ1) is 13.9. The number of nitriles is 1. The molecular weight excluding hydrogens is 388 g/mol. The van der Waals surface area contributed by atoms with Crippen molar-refractivity contribution in [2.24, 2.45) is 0 Å². The molecule has 0 aliphatic heterocycles. The summed E-state index contributed by atoms with van der Waals surface area (Å²) in [5.41, 5.74) is 3.29. The quantitative estimate of drug-likeness (QED) is 0.511. The lowest BCUT2D eigenvalue weighted by Crippen LogP contribution is -2.09. The Kier molecular flexibility index (Phi) is 3.64. The van der Waals surface area contributed by atoms with E-state index in [4.69, 9.17) is 4.42 Å². The Balaban J connectivity index is 1.78. The zero-order valence-corrected chi connectivity index (χ0v) is 16.8. The monoisotopic (exact) mass is 406 g/mol. The minimum absolute atomic E-state index is 0.0617. The van der Waals surface area contributed by atoms with E-state index in [0.717, 1.165) is 24.0 Å². The molecule has 5 rings (SSSR count). The second-order valence-electron chi connectivity index (χ2n) is 7.50. The Morgan fingerprint density at radius 3 is 2.72 bits per heavy atom.